The Bertz CT molecular complexity index is 2190. The summed E-state index contributed by atoms with van der Waals surface area (Å²) in [5.41, 5.74) is 6.02. The van der Waals surface area contributed by atoms with Crippen LogP contribution < -0.4 is 9.80 Å². The molecule has 0 amide bonds. The molecule has 2 saturated heterocycles. The number of aliphatic hydroxyl groups excluding tert-OH is 2. The molecule has 6 heterocycles. The van der Waals surface area contributed by atoms with Crippen LogP contribution in [-0.2, 0) is 0 Å². The van der Waals surface area contributed by atoms with Crippen molar-refractivity contribution in [2.45, 2.75) is 25.3 Å². The summed E-state index contributed by atoms with van der Waals surface area (Å²) < 4.78 is 0. The van der Waals surface area contributed by atoms with Gasteiger partial charge in [0.15, 0.2) is 0 Å². The van der Waals surface area contributed by atoms with Gasteiger partial charge in [-0.25, -0.2) is 19.9 Å². The third kappa shape index (κ3) is 6.84. The smallest absolute Gasteiger partial charge is 0.141 e. The predicted octanol–water partition coefficient (Wildman–Crippen LogP) is 8.49. The Kier molecular flexibility index (Phi) is 9.99. The highest BCUT2D eigenvalue weighted by atomic mass is 32.1. The maximum Gasteiger partial charge on any atom is 0.141 e. The maximum absolute atomic E-state index is 9.84. The van der Waals surface area contributed by atoms with Crippen LogP contribution in [0.1, 0.15) is 30.9 Å². The lowest BCUT2D eigenvalue weighted by Gasteiger charge is -2.33. The van der Waals surface area contributed by atoms with Gasteiger partial charge in [0.2, 0.25) is 0 Å². The first kappa shape index (κ1) is 33.4. The minimum Gasteiger partial charge on any atom is -0.396 e. The number of benzene rings is 3. The van der Waals surface area contributed by atoms with Gasteiger partial charge >= 0.3 is 0 Å². The van der Waals surface area contributed by atoms with Gasteiger partial charge in [-0.2, -0.15) is 0 Å². The van der Waals surface area contributed by atoms with E-state index in [9.17, 15) is 10.2 Å². The van der Waals surface area contributed by atoms with Crippen molar-refractivity contribution in [2.75, 3.05) is 42.6 Å². The molecule has 0 saturated carbocycles. The number of hydrogen-bond acceptors (Lipinski definition) is 10. The third-order valence-electron chi connectivity index (χ3n) is 10.0. The van der Waals surface area contributed by atoms with E-state index in [1.165, 1.54) is 27.8 Å². The van der Waals surface area contributed by atoms with E-state index in [2.05, 4.69) is 108 Å². The summed E-state index contributed by atoms with van der Waals surface area (Å²) in [6, 6.07) is 31.6. The van der Waals surface area contributed by atoms with Gasteiger partial charge in [-0.15, -0.1) is 22.7 Å². The first-order valence-electron chi connectivity index (χ1n) is 17.5. The van der Waals surface area contributed by atoms with Crippen LogP contribution >= 0.6 is 22.7 Å². The molecular formula is C41H40N6O2S2. The van der Waals surface area contributed by atoms with Crippen molar-refractivity contribution in [3.05, 3.63) is 120 Å². The number of aliphatic hydroxyl groups is 2. The van der Waals surface area contributed by atoms with Crippen molar-refractivity contribution in [3.63, 3.8) is 0 Å². The van der Waals surface area contributed by atoms with Crippen molar-refractivity contribution >= 4 is 54.7 Å². The fraction of sp³-hybridized carbons (Fsp3) is 0.268. The number of nitrogens with zero attached hydrogens (tertiary/aromatic N) is 6. The Hall–Kier alpha value is -4.74. The minimum absolute atomic E-state index is 0.198. The Balaban J connectivity index is 0.000000150. The van der Waals surface area contributed by atoms with E-state index in [4.69, 9.17) is 4.98 Å². The van der Waals surface area contributed by atoms with Gasteiger partial charge < -0.3 is 20.0 Å². The molecule has 2 N–H and O–H groups in total. The monoisotopic (exact) mass is 712 g/mol. The summed E-state index contributed by atoms with van der Waals surface area (Å²) >= 11 is 3.32. The van der Waals surface area contributed by atoms with Gasteiger partial charge in [0.05, 0.1) is 16.8 Å². The lowest BCUT2D eigenvalue weighted by Crippen LogP contribution is -2.37. The number of fused-ring (bicyclic) bond motifs is 2. The second kappa shape index (κ2) is 15.2. The van der Waals surface area contributed by atoms with Gasteiger partial charge in [0, 0.05) is 60.7 Å². The van der Waals surface area contributed by atoms with Crippen molar-refractivity contribution in [2.24, 2.45) is 11.8 Å². The largest absolute Gasteiger partial charge is 0.396 e. The van der Waals surface area contributed by atoms with E-state index in [1.54, 1.807) is 35.3 Å². The number of thiophene rings is 2. The van der Waals surface area contributed by atoms with E-state index < -0.39 is 0 Å². The lowest BCUT2D eigenvalue weighted by atomic mass is 9.98. The van der Waals surface area contributed by atoms with Crippen molar-refractivity contribution in [1.29, 1.82) is 0 Å². The van der Waals surface area contributed by atoms with Gasteiger partial charge in [0.25, 0.3) is 0 Å². The Morgan fingerprint density at radius 3 is 1.76 bits per heavy atom. The molecule has 3 atom stereocenters. The number of rotatable bonds is 7. The van der Waals surface area contributed by atoms with E-state index in [1.807, 2.05) is 18.2 Å². The SMILES string of the molecule is OCC1CC(c2ccccc2)N(c2ncnc3scc(-c4ccccc4)c23)C1.OCC1CCCN(c2ncnc3scc(-c4ccccc4)c23)C1. The van der Waals surface area contributed by atoms with Crippen molar-refractivity contribution in [3.8, 4) is 22.3 Å². The topological polar surface area (TPSA) is 98.5 Å². The zero-order chi connectivity index (χ0) is 34.6. The maximum atomic E-state index is 9.84. The Morgan fingerprint density at radius 1 is 0.627 bits per heavy atom. The van der Waals surface area contributed by atoms with Gasteiger partial charge in [-0.3, -0.25) is 0 Å². The van der Waals surface area contributed by atoms with E-state index in [0.717, 1.165) is 71.0 Å². The van der Waals surface area contributed by atoms with Gasteiger partial charge in [-0.1, -0.05) is 91.0 Å². The molecule has 3 aromatic carbocycles. The van der Waals surface area contributed by atoms with E-state index >= 15 is 0 Å². The highest BCUT2D eigenvalue weighted by Crippen LogP contribution is 2.44. The normalized spacial score (nSPS) is 19.0. The standard InChI is InChI=1S/C23H21N3OS.C18H19N3OS/c27-13-16-11-20(18-9-5-2-6-10-18)26(12-16)22-21-19(17-7-3-1-4-8-17)14-28-23(21)25-15-24-22;22-10-13-5-4-8-21(9-13)17-16-15(14-6-2-1-3-7-14)11-23-18(16)20-12-19-17/h1-10,14-16,20,27H,11-13H2;1-3,6-7,11-13,22H,4-5,8-10H2. The molecule has 4 aromatic heterocycles. The van der Waals surface area contributed by atoms with Gasteiger partial charge in [-0.05, 0) is 41.9 Å². The van der Waals surface area contributed by atoms with E-state index in [-0.39, 0.29) is 25.2 Å². The van der Waals surface area contributed by atoms with E-state index in [0.29, 0.717) is 5.92 Å². The molecule has 51 heavy (non-hydrogen) atoms. The molecule has 0 radical (unpaired) electrons. The fourth-order valence-electron chi connectivity index (χ4n) is 7.52. The Labute approximate surface area is 305 Å². The number of hydrogen-bond donors (Lipinski definition) is 2. The van der Waals surface area contributed by atoms with Crippen LogP contribution in [0.25, 0.3) is 42.7 Å². The summed E-state index contributed by atoms with van der Waals surface area (Å²) in [7, 11) is 0. The molecule has 0 bridgehead atoms. The summed E-state index contributed by atoms with van der Waals surface area (Å²) in [5, 5.41) is 25.9. The molecule has 0 aliphatic carbocycles. The molecule has 3 unspecified atom stereocenters. The summed E-state index contributed by atoms with van der Waals surface area (Å²) in [5.74, 6) is 2.56. The first-order chi connectivity index (χ1) is 25.2. The van der Waals surface area contributed by atoms with Crippen LogP contribution in [0.4, 0.5) is 11.6 Å². The zero-order valence-corrected chi connectivity index (χ0v) is 29.9. The molecule has 2 fully saturated rings. The van der Waals surface area contributed by atoms with Gasteiger partial charge in [0.1, 0.15) is 34.0 Å². The van der Waals surface area contributed by atoms with Crippen LogP contribution in [0, 0.1) is 11.8 Å². The summed E-state index contributed by atoms with van der Waals surface area (Å²) in [6.45, 7) is 3.11. The molecule has 10 heteroatoms. The van der Waals surface area contributed by atoms with Crippen molar-refractivity contribution in [1.82, 2.24) is 19.9 Å². The highest BCUT2D eigenvalue weighted by Gasteiger charge is 2.35. The zero-order valence-electron chi connectivity index (χ0n) is 28.3. The lowest BCUT2D eigenvalue weighted by molar-refractivity contribution is 0.208. The second-order valence-corrected chi connectivity index (χ2v) is 15.0. The summed E-state index contributed by atoms with van der Waals surface area (Å²) in [6.07, 6.45) is 6.44. The number of aromatic nitrogens is 4. The predicted molar refractivity (Wildman–Crippen MR) is 209 cm³/mol. The molecule has 8 nitrogen and oxygen atoms in total. The minimum atomic E-state index is 0.198. The van der Waals surface area contributed by atoms with Crippen LogP contribution in [-0.4, -0.2) is 63.0 Å². The van der Waals surface area contributed by atoms with Crippen LogP contribution in [0.3, 0.4) is 0 Å². The molecule has 7 aromatic rings. The first-order valence-corrected chi connectivity index (χ1v) is 19.3. The molecule has 2 aliphatic rings. The molecule has 2 aliphatic heterocycles. The number of piperidine rings is 1. The third-order valence-corrected chi connectivity index (χ3v) is 11.8. The van der Waals surface area contributed by atoms with Crippen LogP contribution in [0.15, 0.2) is 114 Å². The molecule has 258 valence electrons. The number of anilines is 2. The van der Waals surface area contributed by atoms with Crippen LogP contribution in [0.2, 0.25) is 0 Å². The highest BCUT2D eigenvalue weighted by molar-refractivity contribution is 7.17. The molecular weight excluding hydrogens is 673 g/mol. The second-order valence-electron chi connectivity index (χ2n) is 13.3. The summed E-state index contributed by atoms with van der Waals surface area (Å²) in [4.78, 5) is 25.0. The Morgan fingerprint density at radius 2 is 1.18 bits per heavy atom. The quantitative estimate of drug-likeness (QED) is 0.170. The average Bonchev–Trinajstić information content (AvgIpc) is 3.97. The van der Waals surface area contributed by atoms with Crippen molar-refractivity contribution < 1.29 is 10.2 Å². The molecule has 9 rings (SSSR count). The fourth-order valence-corrected chi connectivity index (χ4v) is 9.34. The van der Waals surface area contributed by atoms with Crippen LogP contribution in [0.5, 0.6) is 0 Å². The molecule has 0 spiro atoms. The average molecular weight is 713 g/mol.